The van der Waals surface area contributed by atoms with Crippen molar-refractivity contribution in [3.8, 4) is 22.8 Å². The second kappa shape index (κ2) is 15.3. The number of oxazole rings is 1. The molecular formula is C44H45N7O4. The molecule has 0 radical (unpaired) electrons. The number of H-pyrrole nitrogens is 1. The van der Waals surface area contributed by atoms with Crippen LogP contribution < -0.4 is 11.1 Å². The molecule has 2 aliphatic rings. The van der Waals surface area contributed by atoms with Crippen LogP contribution >= 0.6 is 0 Å². The van der Waals surface area contributed by atoms with Gasteiger partial charge in [0.05, 0.1) is 29.7 Å². The molecule has 11 nitrogen and oxygen atoms in total. The summed E-state index contributed by atoms with van der Waals surface area (Å²) in [7, 11) is 0. The first-order chi connectivity index (χ1) is 26.7. The third-order valence-electron chi connectivity index (χ3n) is 11.1. The summed E-state index contributed by atoms with van der Waals surface area (Å²) in [6, 6.07) is 29.0. The molecule has 2 aliphatic heterocycles. The Morgan fingerprint density at radius 3 is 2.51 bits per heavy atom. The van der Waals surface area contributed by atoms with E-state index in [9.17, 15) is 14.4 Å². The molecule has 0 saturated carbocycles. The van der Waals surface area contributed by atoms with Gasteiger partial charge in [0.1, 0.15) is 17.9 Å². The number of carbonyl (C=O) groups is 3. The van der Waals surface area contributed by atoms with Gasteiger partial charge in [0.25, 0.3) is 0 Å². The van der Waals surface area contributed by atoms with E-state index in [1.807, 2.05) is 109 Å². The summed E-state index contributed by atoms with van der Waals surface area (Å²) >= 11 is 0. The molecule has 2 fully saturated rings. The highest BCUT2D eigenvalue weighted by Gasteiger charge is 2.38. The SMILES string of the molecule is Cc1c(NC(=O)C2CCCCN2C(=O)C(N)c2ccccc2)cccc1-c1ncc(-c2ccc3nc(C4C(C)CCN4C(=O)Cc4ccccc4)[nH]c3c2)o1. The van der Waals surface area contributed by atoms with Crippen molar-refractivity contribution in [1.82, 2.24) is 24.8 Å². The van der Waals surface area contributed by atoms with Gasteiger partial charge in [-0.1, -0.05) is 73.7 Å². The molecule has 55 heavy (non-hydrogen) atoms. The summed E-state index contributed by atoms with van der Waals surface area (Å²) in [5.74, 6) is 1.66. The first kappa shape index (κ1) is 35.9. The number of nitrogens with two attached hydrogens (primary N) is 1. The van der Waals surface area contributed by atoms with Crippen LogP contribution in [0.15, 0.2) is 108 Å². The van der Waals surface area contributed by atoms with Crippen LogP contribution in [0.3, 0.4) is 0 Å². The van der Waals surface area contributed by atoms with Gasteiger partial charge in [-0.2, -0.15) is 0 Å². The molecule has 2 saturated heterocycles. The quantitative estimate of drug-likeness (QED) is 0.140. The number of carbonyl (C=O) groups excluding carboxylic acids is 3. The van der Waals surface area contributed by atoms with Crippen LogP contribution in [0.1, 0.15) is 67.2 Å². The van der Waals surface area contributed by atoms with E-state index in [2.05, 4.69) is 22.2 Å². The van der Waals surface area contributed by atoms with Gasteiger partial charge in [-0.05, 0) is 85.5 Å². The van der Waals surface area contributed by atoms with E-state index in [0.717, 1.165) is 63.9 Å². The number of nitrogens with one attached hydrogen (secondary N) is 2. The first-order valence-electron chi connectivity index (χ1n) is 19.1. The highest BCUT2D eigenvalue weighted by Crippen LogP contribution is 2.38. The van der Waals surface area contributed by atoms with Gasteiger partial charge in [0.15, 0.2) is 5.76 Å². The number of aromatic nitrogens is 3. The maximum atomic E-state index is 13.8. The number of nitrogens with zero attached hydrogens (tertiary/aromatic N) is 4. The molecule has 4 atom stereocenters. The summed E-state index contributed by atoms with van der Waals surface area (Å²) < 4.78 is 6.33. The van der Waals surface area contributed by atoms with E-state index in [1.54, 1.807) is 11.1 Å². The monoisotopic (exact) mass is 735 g/mol. The predicted molar refractivity (Wildman–Crippen MR) is 211 cm³/mol. The summed E-state index contributed by atoms with van der Waals surface area (Å²) in [5.41, 5.74) is 12.7. The molecule has 8 rings (SSSR count). The largest absolute Gasteiger partial charge is 0.436 e. The molecule has 4 aromatic carbocycles. The Morgan fingerprint density at radius 1 is 0.927 bits per heavy atom. The number of amides is 3. The number of hydrogen-bond acceptors (Lipinski definition) is 7. The van der Waals surface area contributed by atoms with Gasteiger partial charge < -0.3 is 30.3 Å². The van der Waals surface area contributed by atoms with E-state index in [1.165, 1.54) is 0 Å². The number of piperidine rings is 1. The van der Waals surface area contributed by atoms with Gasteiger partial charge >= 0.3 is 0 Å². The van der Waals surface area contributed by atoms with Crippen LogP contribution in [0, 0.1) is 12.8 Å². The maximum absolute atomic E-state index is 13.8. The zero-order valence-corrected chi connectivity index (χ0v) is 31.1. The van der Waals surface area contributed by atoms with E-state index in [4.69, 9.17) is 15.1 Å². The molecule has 3 amide bonds. The Kier molecular flexibility index (Phi) is 10.0. The van der Waals surface area contributed by atoms with Crippen LogP contribution in [-0.4, -0.2) is 61.6 Å². The van der Waals surface area contributed by atoms with Crippen molar-refractivity contribution in [2.75, 3.05) is 18.4 Å². The second-order valence-electron chi connectivity index (χ2n) is 14.7. The number of rotatable bonds is 9. The van der Waals surface area contributed by atoms with Crippen LogP contribution in [0.5, 0.6) is 0 Å². The predicted octanol–water partition coefficient (Wildman–Crippen LogP) is 7.37. The van der Waals surface area contributed by atoms with Gasteiger partial charge in [-0.3, -0.25) is 14.4 Å². The topological polar surface area (TPSA) is 150 Å². The summed E-state index contributed by atoms with van der Waals surface area (Å²) in [6.07, 6.45) is 5.21. The Morgan fingerprint density at radius 2 is 1.71 bits per heavy atom. The zero-order valence-electron chi connectivity index (χ0n) is 31.1. The van der Waals surface area contributed by atoms with E-state index >= 15 is 0 Å². The lowest BCUT2D eigenvalue weighted by Crippen LogP contribution is -2.52. The Bertz CT molecular complexity index is 2340. The number of anilines is 1. The lowest BCUT2D eigenvalue weighted by Gasteiger charge is -2.36. The lowest BCUT2D eigenvalue weighted by molar-refractivity contribution is -0.141. The van der Waals surface area contributed by atoms with E-state index in [-0.39, 0.29) is 29.7 Å². The highest BCUT2D eigenvalue weighted by atomic mass is 16.4. The van der Waals surface area contributed by atoms with Gasteiger partial charge in [-0.25, -0.2) is 9.97 Å². The fourth-order valence-corrected chi connectivity index (χ4v) is 8.04. The van der Waals surface area contributed by atoms with Crippen molar-refractivity contribution in [3.05, 3.63) is 126 Å². The molecular weight excluding hydrogens is 691 g/mol. The van der Waals surface area contributed by atoms with E-state index < -0.39 is 12.1 Å². The third kappa shape index (κ3) is 7.27. The third-order valence-corrected chi connectivity index (χ3v) is 11.1. The number of fused-ring (bicyclic) bond motifs is 1. The fourth-order valence-electron chi connectivity index (χ4n) is 8.04. The van der Waals surface area contributed by atoms with E-state index in [0.29, 0.717) is 43.3 Å². The Balaban J connectivity index is 0.982. The van der Waals surface area contributed by atoms with Crippen molar-refractivity contribution >= 4 is 34.4 Å². The average Bonchev–Trinajstić information content (AvgIpc) is 3.97. The van der Waals surface area contributed by atoms with Gasteiger partial charge in [-0.15, -0.1) is 0 Å². The molecule has 280 valence electrons. The summed E-state index contributed by atoms with van der Waals surface area (Å²) in [6.45, 7) is 5.27. The summed E-state index contributed by atoms with van der Waals surface area (Å²) in [5, 5.41) is 3.08. The molecule has 4 unspecified atom stereocenters. The van der Waals surface area contributed by atoms with Crippen LogP contribution in [0.25, 0.3) is 33.8 Å². The molecule has 6 aromatic rings. The number of likely N-dealkylation sites (tertiary alicyclic amines) is 2. The fraction of sp³-hybridized carbons (Fsp3) is 0.295. The van der Waals surface area contributed by atoms with Crippen molar-refractivity contribution in [3.63, 3.8) is 0 Å². The minimum absolute atomic E-state index is 0.101. The minimum Gasteiger partial charge on any atom is -0.436 e. The summed E-state index contributed by atoms with van der Waals surface area (Å²) in [4.78, 5) is 57.3. The number of benzene rings is 4. The van der Waals surface area contributed by atoms with Crippen LogP contribution in [-0.2, 0) is 20.8 Å². The first-order valence-corrected chi connectivity index (χ1v) is 19.1. The standard InChI is InChI=1S/C44H45N7O4/c1-27-21-23-51(38(52)24-29-12-5-3-6-13-29)40(27)41-47-34-20-19-31(25-35(34)48-41)37-26-46-43(55-37)32-16-11-17-33(28(32)2)49-42(53)36-18-9-10-22-50(36)44(54)39(45)30-14-7-4-8-15-30/h3-8,11-17,19-20,25-27,36,39-40H,9-10,18,21-24,45H2,1-2H3,(H,47,48)(H,49,53). The maximum Gasteiger partial charge on any atom is 0.247 e. The molecule has 2 aromatic heterocycles. The van der Waals surface area contributed by atoms with Gasteiger partial charge in [0, 0.05) is 29.9 Å². The Labute approximate surface area is 320 Å². The number of hydrogen-bond donors (Lipinski definition) is 3. The molecule has 0 spiro atoms. The highest BCUT2D eigenvalue weighted by molar-refractivity contribution is 5.99. The lowest BCUT2D eigenvalue weighted by atomic mass is 9.98. The Hall–Kier alpha value is -6.07. The molecule has 4 heterocycles. The molecule has 0 aliphatic carbocycles. The minimum atomic E-state index is -0.836. The molecule has 0 bridgehead atoms. The van der Waals surface area contributed by atoms with Gasteiger partial charge in [0.2, 0.25) is 23.6 Å². The van der Waals surface area contributed by atoms with Crippen molar-refractivity contribution in [1.29, 1.82) is 0 Å². The van der Waals surface area contributed by atoms with Crippen molar-refractivity contribution < 1.29 is 18.8 Å². The van der Waals surface area contributed by atoms with Crippen LogP contribution in [0.2, 0.25) is 0 Å². The number of aromatic amines is 1. The number of imidazole rings is 1. The molecule has 4 N–H and O–H groups in total. The average molecular weight is 736 g/mol. The zero-order chi connectivity index (χ0) is 38.1. The smallest absolute Gasteiger partial charge is 0.247 e. The van der Waals surface area contributed by atoms with Crippen molar-refractivity contribution in [2.24, 2.45) is 11.7 Å². The van der Waals surface area contributed by atoms with Crippen LogP contribution in [0.4, 0.5) is 5.69 Å². The van der Waals surface area contributed by atoms with Crippen molar-refractivity contribution in [2.45, 2.75) is 64.1 Å². The normalized spacial score (nSPS) is 19.1. The second-order valence-corrected chi connectivity index (χ2v) is 14.7. The molecule has 11 heteroatoms.